The van der Waals surface area contributed by atoms with E-state index in [-0.39, 0.29) is 6.04 Å². The molecule has 1 unspecified atom stereocenters. The van der Waals surface area contributed by atoms with Gasteiger partial charge in [0.2, 0.25) is 5.91 Å². The molecule has 0 aliphatic heterocycles. The number of primary amides is 1. The summed E-state index contributed by atoms with van der Waals surface area (Å²) in [5.41, 5.74) is 9.11. The molecule has 1 amide bonds. The van der Waals surface area contributed by atoms with Crippen LogP contribution >= 0.6 is 11.3 Å². The van der Waals surface area contributed by atoms with E-state index in [4.69, 9.17) is 5.73 Å². The van der Waals surface area contributed by atoms with Crippen molar-refractivity contribution >= 4 is 22.9 Å². The van der Waals surface area contributed by atoms with Crippen LogP contribution in [0.5, 0.6) is 0 Å². The Morgan fingerprint density at radius 1 is 1.39 bits per heavy atom. The maximum atomic E-state index is 11.1. The van der Waals surface area contributed by atoms with Gasteiger partial charge in [0.05, 0.1) is 0 Å². The Kier molecular flexibility index (Phi) is 3.67. The number of aryl methyl sites for hydroxylation is 1. The van der Waals surface area contributed by atoms with E-state index in [0.29, 0.717) is 5.56 Å². The number of benzene rings is 1. The summed E-state index contributed by atoms with van der Waals surface area (Å²) < 4.78 is 0. The molecule has 0 saturated heterocycles. The summed E-state index contributed by atoms with van der Waals surface area (Å²) in [5.74, 6) is -0.393. The van der Waals surface area contributed by atoms with Gasteiger partial charge in [-0.1, -0.05) is 0 Å². The number of hydrogen-bond acceptors (Lipinski definition) is 3. The summed E-state index contributed by atoms with van der Waals surface area (Å²) in [6, 6.07) is 7.81. The minimum absolute atomic E-state index is 0.245. The topological polar surface area (TPSA) is 55.1 Å². The molecule has 3 nitrogen and oxygen atoms in total. The number of rotatable bonds is 4. The highest BCUT2D eigenvalue weighted by Crippen LogP contribution is 2.24. The zero-order chi connectivity index (χ0) is 13.1. The first-order valence-corrected chi connectivity index (χ1v) is 6.71. The molecule has 94 valence electrons. The maximum absolute atomic E-state index is 11.1. The number of carbonyl (C=O) groups is 1. The van der Waals surface area contributed by atoms with Crippen LogP contribution in [0.15, 0.2) is 35.0 Å². The van der Waals surface area contributed by atoms with Gasteiger partial charge in [-0.2, -0.15) is 11.3 Å². The first-order chi connectivity index (χ1) is 8.58. The third-order valence-corrected chi connectivity index (χ3v) is 3.63. The highest BCUT2D eigenvalue weighted by Gasteiger charge is 2.08. The summed E-state index contributed by atoms with van der Waals surface area (Å²) in [6.07, 6.45) is 0. The van der Waals surface area contributed by atoms with E-state index in [2.05, 4.69) is 29.1 Å². The molecule has 0 bridgehead atoms. The van der Waals surface area contributed by atoms with Crippen LogP contribution in [0.4, 0.5) is 5.69 Å². The number of nitrogens with one attached hydrogen (secondary N) is 1. The average molecular weight is 260 g/mol. The molecular formula is C14H16N2OS. The van der Waals surface area contributed by atoms with Gasteiger partial charge in [0.25, 0.3) is 0 Å². The third-order valence-electron chi connectivity index (χ3n) is 2.93. The van der Waals surface area contributed by atoms with Crippen molar-refractivity contribution in [3.05, 3.63) is 51.7 Å². The molecule has 1 heterocycles. The molecular weight excluding hydrogens is 244 g/mol. The lowest BCUT2D eigenvalue weighted by Gasteiger charge is -2.16. The van der Waals surface area contributed by atoms with Crippen molar-refractivity contribution in [1.82, 2.24) is 0 Å². The van der Waals surface area contributed by atoms with Crippen molar-refractivity contribution in [2.75, 3.05) is 5.32 Å². The summed E-state index contributed by atoms with van der Waals surface area (Å²) >= 11 is 1.69. The second-order valence-corrected chi connectivity index (χ2v) is 5.10. The van der Waals surface area contributed by atoms with Crippen molar-refractivity contribution in [3.8, 4) is 0 Å². The lowest BCUT2D eigenvalue weighted by molar-refractivity contribution is 0.1000. The van der Waals surface area contributed by atoms with Gasteiger partial charge < -0.3 is 11.1 Å². The molecule has 0 fully saturated rings. The third kappa shape index (κ3) is 2.71. The van der Waals surface area contributed by atoms with Gasteiger partial charge in [-0.25, -0.2) is 0 Å². The molecule has 1 aromatic heterocycles. The molecule has 0 aliphatic rings. The number of amides is 1. The van der Waals surface area contributed by atoms with Crippen LogP contribution in [0, 0.1) is 6.92 Å². The van der Waals surface area contributed by atoms with Gasteiger partial charge >= 0.3 is 0 Å². The second kappa shape index (κ2) is 5.23. The molecule has 2 rings (SSSR count). The monoisotopic (exact) mass is 260 g/mol. The van der Waals surface area contributed by atoms with Gasteiger partial charge in [0.1, 0.15) is 0 Å². The van der Waals surface area contributed by atoms with Gasteiger partial charge in [0, 0.05) is 17.3 Å². The minimum Gasteiger partial charge on any atom is -0.378 e. The first-order valence-electron chi connectivity index (χ1n) is 5.77. The molecule has 0 saturated carbocycles. The van der Waals surface area contributed by atoms with Crippen LogP contribution in [-0.4, -0.2) is 5.91 Å². The molecule has 3 N–H and O–H groups in total. The highest BCUT2D eigenvalue weighted by molar-refractivity contribution is 7.07. The smallest absolute Gasteiger partial charge is 0.248 e. The number of nitrogens with two attached hydrogens (primary N) is 1. The fraction of sp³-hybridized carbons (Fsp3) is 0.214. The molecule has 2 aromatic rings. The Hall–Kier alpha value is -1.81. The molecule has 4 heteroatoms. The fourth-order valence-electron chi connectivity index (χ4n) is 1.82. The Balaban J connectivity index is 2.17. The SMILES string of the molecule is Cc1cc(C(N)=O)ccc1NC(C)c1ccsc1. The van der Waals surface area contributed by atoms with Crippen LogP contribution in [-0.2, 0) is 0 Å². The molecule has 1 atom stereocenters. The van der Waals surface area contributed by atoms with Gasteiger partial charge in [0.15, 0.2) is 0 Å². The molecule has 0 spiro atoms. The van der Waals surface area contributed by atoms with Gasteiger partial charge in [-0.15, -0.1) is 0 Å². The maximum Gasteiger partial charge on any atom is 0.248 e. The Bertz CT molecular complexity index is 549. The van der Waals surface area contributed by atoms with E-state index in [1.807, 2.05) is 19.1 Å². The predicted octanol–water partition coefficient (Wildman–Crippen LogP) is 3.33. The largest absolute Gasteiger partial charge is 0.378 e. The van der Waals surface area contributed by atoms with Crippen molar-refractivity contribution in [1.29, 1.82) is 0 Å². The van der Waals surface area contributed by atoms with Crippen LogP contribution in [0.2, 0.25) is 0 Å². The van der Waals surface area contributed by atoms with Crippen molar-refractivity contribution < 1.29 is 4.79 Å². The van der Waals surface area contributed by atoms with E-state index >= 15 is 0 Å². The van der Waals surface area contributed by atoms with Gasteiger partial charge in [-0.3, -0.25) is 4.79 Å². The van der Waals surface area contributed by atoms with E-state index in [1.54, 1.807) is 17.4 Å². The van der Waals surface area contributed by atoms with Crippen LogP contribution in [0.3, 0.4) is 0 Å². The Morgan fingerprint density at radius 2 is 2.17 bits per heavy atom. The van der Waals surface area contributed by atoms with Crippen molar-refractivity contribution in [3.63, 3.8) is 0 Å². The first kappa shape index (κ1) is 12.6. The quantitative estimate of drug-likeness (QED) is 0.886. The lowest BCUT2D eigenvalue weighted by atomic mass is 10.1. The van der Waals surface area contributed by atoms with Crippen LogP contribution in [0.1, 0.15) is 34.5 Å². The summed E-state index contributed by atoms with van der Waals surface area (Å²) in [5, 5.41) is 7.63. The van der Waals surface area contributed by atoms with E-state index in [0.717, 1.165) is 11.3 Å². The fourth-order valence-corrected chi connectivity index (χ4v) is 2.57. The van der Waals surface area contributed by atoms with E-state index in [1.165, 1.54) is 5.56 Å². The second-order valence-electron chi connectivity index (χ2n) is 4.32. The molecule has 1 aromatic carbocycles. The normalized spacial score (nSPS) is 12.1. The minimum atomic E-state index is -0.393. The molecule has 18 heavy (non-hydrogen) atoms. The summed E-state index contributed by atoms with van der Waals surface area (Å²) in [4.78, 5) is 11.1. The average Bonchev–Trinajstić information content (AvgIpc) is 2.85. The predicted molar refractivity (Wildman–Crippen MR) is 76.1 cm³/mol. The highest BCUT2D eigenvalue weighted by atomic mass is 32.1. The summed E-state index contributed by atoms with van der Waals surface area (Å²) in [7, 11) is 0. The van der Waals surface area contributed by atoms with Crippen molar-refractivity contribution in [2.45, 2.75) is 19.9 Å². The van der Waals surface area contributed by atoms with Gasteiger partial charge in [-0.05, 0) is 60.0 Å². The molecule has 0 aliphatic carbocycles. The summed E-state index contributed by atoms with van der Waals surface area (Å²) in [6.45, 7) is 4.08. The lowest BCUT2D eigenvalue weighted by Crippen LogP contribution is -2.12. The number of thiophene rings is 1. The Morgan fingerprint density at radius 3 is 2.72 bits per heavy atom. The van der Waals surface area contributed by atoms with Crippen LogP contribution < -0.4 is 11.1 Å². The standard InChI is InChI=1S/C14H16N2OS/c1-9-7-11(14(15)17)3-4-13(9)16-10(2)12-5-6-18-8-12/h3-8,10,16H,1-2H3,(H2,15,17). The number of anilines is 1. The number of carbonyl (C=O) groups excluding carboxylic acids is 1. The van der Waals surface area contributed by atoms with Crippen molar-refractivity contribution in [2.24, 2.45) is 5.73 Å². The van der Waals surface area contributed by atoms with Crippen LogP contribution in [0.25, 0.3) is 0 Å². The van der Waals surface area contributed by atoms with E-state index in [9.17, 15) is 4.79 Å². The van der Waals surface area contributed by atoms with E-state index < -0.39 is 5.91 Å². The Labute approximate surface area is 111 Å². The zero-order valence-corrected chi connectivity index (χ0v) is 11.3. The zero-order valence-electron chi connectivity index (χ0n) is 10.4. The molecule has 0 radical (unpaired) electrons. The number of hydrogen-bond donors (Lipinski definition) is 2.